The van der Waals surface area contributed by atoms with Gasteiger partial charge in [-0.05, 0) is 41.9 Å². The van der Waals surface area contributed by atoms with E-state index in [4.69, 9.17) is 4.42 Å². The van der Waals surface area contributed by atoms with Crippen LogP contribution in [0.1, 0.15) is 5.56 Å². The van der Waals surface area contributed by atoms with Gasteiger partial charge in [-0.25, -0.2) is 0 Å². The van der Waals surface area contributed by atoms with Crippen molar-refractivity contribution in [3.05, 3.63) is 88.9 Å². The Kier molecular flexibility index (Phi) is 5.51. The Morgan fingerprint density at radius 3 is 2.66 bits per heavy atom. The van der Waals surface area contributed by atoms with E-state index in [-0.39, 0.29) is 5.56 Å². The number of furan rings is 1. The SMILES string of the molecule is Cn1c(Sc2c(NCCc3ccccc3)c3ccccc3[nH]c2=O)nnc1-c1ccco1. The first-order chi connectivity index (χ1) is 15.7. The quantitative estimate of drug-likeness (QED) is 0.378. The molecule has 0 radical (unpaired) electrons. The lowest BCUT2D eigenvalue weighted by molar-refractivity contribution is 0.572. The van der Waals surface area contributed by atoms with Gasteiger partial charge in [-0.1, -0.05) is 48.5 Å². The van der Waals surface area contributed by atoms with E-state index < -0.39 is 0 Å². The minimum absolute atomic E-state index is 0.168. The normalized spacial score (nSPS) is 11.2. The van der Waals surface area contributed by atoms with Crippen LogP contribution in [0.4, 0.5) is 5.69 Å². The van der Waals surface area contributed by atoms with Gasteiger partial charge in [0.2, 0.25) is 0 Å². The van der Waals surface area contributed by atoms with Crippen LogP contribution in [0, 0.1) is 0 Å². The molecule has 5 rings (SSSR count). The smallest absolute Gasteiger partial charge is 0.264 e. The molecule has 0 aliphatic heterocycles. The zero-order valence-corrected chi connectivity index (χ0v) is 18.2. The minimum Gasteiger partial charge on any atom is -0.461 e. The van der Waals surface area contributed by atoms with Crippen molar-refractivity contribution in [3.63, 3.8) is 0 Å². The first-order valence-electron chi connectivity index (χ1n) is 10.2. The van der Waals surface area contributed by atoms with Gasteiger partial charge in [-0.15, -0.1) is 10.2 Å². The fourth-order valence-corrected chi connectivity index (χ4v) is 4.51. The third-order valence-electron chi connectivity index (χ3n) is 5.21. The van der Waals surface area contributed by atoms with E-state index in [0.29, 0.717) is 28.2 Å². The lowest BCUT2D eigenvalue weighted by Crippen LogP contribution is -2.15. The molecular formula is C24H21N5O2S. The largest absolute Gasteiger partial charge is 0.461 e. The highest BCUT2D eigenvalue weighted by atomic mass is 32.2. The Hall–Kier alpha value is -3.78. The molecule has 0 saturated carbocycles. The average Bonchev–Trinajstić information content (AvgIpc) is 3.46. The van der Waals surface area contributed by atoms with Crippen LogP contribution < -0.4 is 10.9 Å². The molecule has 0 saturated heterocycles. The Morgan fingerprint density at radius 1 is 1.03 bits per heavy atom. The summed E-state index contributed by atoms with van der Waals surface area (Å²) in [6.45, 7) is 0.696. The van der Waals surface area contributed by atoms with Gasteiger partial charge in [0.05, 0.1) is 17.5 Å². The van der Waals surface area contributed by atoms with Crippen molar-refractivity contribution < 1.29 is 4.42 Å². The van der Waals surface area contributed by atoms with Crippen molar-refractivity contribution in [2.75, 3.05) is 11.9 Å². The van der Waals surface area contributed by atoms with E-state index >= 15 is 0 Å². The van der Waals surface area contributed by atoms with Crippen LogP contribution in [0.5, 0.6) is 0 Å². The maximum Gasteiger partial charge on any atom is 0.264 e. The molecule has 0 fully saturated rings. The number of aromatic amines is 1. The number of pyridine rings is 1. The molecule has 8 heteroatoms. The standard InChI is InChI=1S/C24H21N5O2S/c1-29-22(19-12-7-15-31-19)27-28-24(29)32-21-20(25-14-13-16-8-3-2-4-9-16)17-10-5-6-11-18(17)26-23(21)30/h2-12,15H,13-14H2,1H3,(H2,25,26,30). The number of nitrogens with zero attached hydrogens (tertiary/aromatic N) is 3. The second-order valence-electron chi connectivity index (χ2n) is 7.31. The molecule has 2 aromatic carbocycles. The van der Waals surface area contributed by atoms with Gasteiger partial charge in [0, 0.05) is 19.0 Å². The van der Waals surface area contributed by atoms with Gasteiger partial charge in [-0.2, -0.15) is 0 Å². The van der Waals surface area contributed by atoms with Crippen LogP contribution in [0.15, 0.2) is 92.3 Å². The number of para-hydroxylation sites is 1. The predicted molar refractivity (Wildman–Crippen MR) is 126 cm³/mol. The molecule has 160 valence electrons. The van der Waals surface area contributed by atoms with E-state index in [2.05, 4.69) is 32.6 Å². The number of aromatic nitrogens is 4. The molecule has 2 N–H and O–H groups in total. The van der Waals surface area contributed by atoms with Crippen molar-refractivity contribution in [1.82, 2.24) is 19.7 Å². The van der Waals surface area contributed by atoms with Crippen molar-refractivity contribution >= 4 is 28.4 Å². The van der Waals surface area contributed by atoms with E-state index in [1.807, 2.05) is 60.1 Å². The Balaban J connectivity index is 1.50. The maximum atomic E-state index is 13.0. The molecule has 3 aromatic heterocycles. The number of fused-ring (bicyclic) bond motifs is 1. The second-order valence-corrected chi connectivity index (χ2v) is 8.29. The average molecular weight is 444 g/mol. The molecule has 0 aliphatic rings. The lowest BCUT2D eigenvalue weighted by Gasteiger charge is -2.14. The predicted octanol–water partition coefficient (Wildman–Crippen LogP) is 4.72. The summed E-state index contributed by atoms with van der Waals surface area (Å²) >= 11 is 1.29. The zero-order chi connectivity index (χ0) is 21.9. The fraction of sp³-hybridized carbons (Fsp3) is 0.125. The van der Waals surface area contributed by atoms with Gasteiger partial charge >= 0.3 is 0 Å². The molecule has 0 bridgehead atoms. The monoisotopic (exact) mass is 443 g/mol. The summed E-state index contributed by atoms with van der Waals surface area (Å²) in [4.78, 5) is 16.6. The van der Waals surface area contributed by atoms with Gasteiger partial charge in [0.15, 0.2) is 16.7 Å². The van der Waals surface area contributed by atoms with Gasteiger partial charge in [-0.3, -0.25) is 4.79 Å². The van der Waals surface area contributed by atoms with E-state index in [9.17, 15) is 4.79 Å². The van der Waals surface area contributed by atoms with E-state index in [0.717, 1.165) is 23.0 Å². The first kappa shape index (κ1) is 20.1. The summed E-state index contributed by atoms with van der Waals surface area (Å²) in [6, 6.07) is 21.7. The number of nitrogens with one attached hydrogen (secondary N) is 2. The number of H-pyrrole nitrogens is 1. The molecule has 5 aromatic rings. The fourth-order valence-electron chi connectivity index (χ4n) is 3.59. The molecule has 0 atom stereocenters. The van der Waals surface area contributed by atoms with Crippen LogP contribution in [-0.4, -0.2) is 26.3 Å². The van der Waals surface area contributed by atoms with Crippen LogP contribution in [0.3, 0.4) is 0 Å². The summed E-state index contributed by atoms with van der Waals surface area (Å²) < 4.78 is 7.28. The first-order valence-corrected chi connectivity index (χ1v) is 11.1. The van der Waals surface area contributed by atoms with E-state index in [1.54, 1.807) is 12.3 Å². The highest BCUT2D eigenvalue weighted by molar-refractivity contribution is 7.99. The molecule has 7 nitrogen and oxygen atoms in total. The van der Waals surface area contributed by atoms with Gasteiger partial charge in [0.1, 0.15) is 4.90 Å². The highest BCUT2D eigenvalue weighted by Crippen LogP contribution is 2.35. The Morgan fingerprint density at radius 2 is 1.84 bits per heavy atom. The highest BCUT2D eigenvalue weighted by Gasteiger charge is 2.19. The molecular weight excluding hydrogens is 422 g/mol. The molecule has 3 heterocycles. The summed E-state index contributed by atoms with van der Waals surface area (Å²) in [5.41, 5.74) is 2.66. The van der Waals surface area contributed by atoms with Gasteiger partial charge in [0.25, 0.3) is 5.56 Å². The molecule has 32 heavy (non-hydrogen) atoms. The van der Waals surface area contributed by atoms with Crippen LogP contribution in [0.2, 0.25) is 0 Å². The number of hydrogen-bond acceptors (Lipinski definition) is 6. The van der Waals surface area contributed by atoms with Crippen molar-refractivity contribution in [2.45, 2.75) is 16.5 Å². The van der Waals surface area contributed by atoms with Crippen molar-refractivity contribution in [1.29, 1.82) is 0 Å². The number of rotatable bonds is 7. The minimum atomic E-state index is -0.168. The molecule has 0 amide bonds. The topological polar surface area (TPSA) is 88.7 Å². The zero-order valence-electron chi connectivity index (χ0n) is 17.4. The third-order valence-corrected chi connectivity index (χ3v) is 6.34. The third kappa shape index (κ3) is 3.92. The number of hydrogen-bond donors (Lipinski definition) is 2. The van der Waals surface area contributed by atoms with Crippen LogP contribution in [-0.2, 0) is 13.5 Å². The number of benzene rings is 2. The van der Waals surface area contributed by atoms with E-state index in [1.165, 1.54) is 17.3 Å². The van der Waals surface area contributed by atoms with Crippen LogP contribution in [0.25, 0.3) is 22.5 Å². The van der Waals surface area contributed by atoms with Gasteiger partial charge < -0.3 is 19.3 Å². The van der Waals surface area contributed by atoms with Crippen molar-refractivity contribution in [2.24, 2.45) is 7.05 Å². The maximum absolute atomic E-state index is 13.0. The molecule has 0 spiro atoms. The second kappa shape index (κ2) is 8.76. The summed E-state index contributed by atoms with van der Waals surface area (Å²) in [5.74, 6) is 1.23. The Bertz CT molecular complexity index is 1410. The summed E-state index contributed by atoms with van der Waals surface area (Å²) in [7, 11) is 1.86. The molecule has 0 unspecified atom stereocenters. The number of anilines is 1. The molecule has 0 aliphatic carbocycles. The summed E-state index contributed by atoms with van der Waals surface area (Å²) in [6.07, 6.45) is 2.44. The summed E-state index contributed by atoms with van der Waals surface area (Å²) in [5, 5.41) is 13.6. The van der Waals surface area contributed by atoms with Crippen molar-refractivity contribution in [3.8, 4) is 11.6 Å². The lowest BCUT2D eigenvalue weighted by atomic mass is 10.1. The Labute approximate surface area is 188 Å². The van der Waals surface area contributed by atoms with Crippen LogP contribution >= 0.6 is 11.8 Å².